The van der Waals surface area contributed by atoms with Crippen LogP contribution in [-0.2, 0) is 4.74 Å². The molecule has 1 aliphatic carbocycles. The van der Waals surface area contributed by atoms with Crippen LogP contribution in [-0.4, -0.2) is 30.5 Å². The fourth-order valence-electron chi connectivity index (χ4n) is 3.12. The van der Waals surface area contributed by atoms with Gasteiger partial charge in [-0.2, -0.15) is 0 Å². The van der Waals surface area contributed by atoms with Crippen molar-refractivity contribution in [1.29, 1.82) is 0 Å². The highest BCUT2D eigenvalue weighted by Crippen LogP contribution is 2.41. The van der Waals surface area contributed by atoms with Crippen LogP contribution in [0.25, 0.3) is 0 Å². The first-order valence-corrected chi connectivity index (χ1v) is 6.28. The Morgan fingerprint density at radius 1 is 1.27 bits per heavy atom. The van der Waals surface area contributed by atoms with Gasteiger partial charge < -0.3 is 15.6 Å². The molecule has 0 bridgehead atoms. The van der Waals surface area contributed by atoms with Gasteiger partial charge in [0.15, 0.2) is 0 Å². The number of aliphatic hydroxyl groups excluding tert-OH is 1. The molecular weight excluding hydrogens is 190 g/mol. The molecule has 15 heavy (non-hydrogen) atoms. The molecule has 3 nitrogen and oxygen atoms in total. The van der Waals surface area contributed by atoms with Crippen molar-refractivity contribution >= 4 is 0 Å². The predicted octanol–water partition coefficient (Wildman–Crippen LogP) is 1.44. The summed E-state index contributed by atoms with van der Waals surface area (Å²) in [6.45, 7) is 1.41. The first-order chi connectivity index (χ1) is 7.28. The predicted molar refractivity (Wildman–Crippen MR) is 59.6 cm³/mol. The molecule has 2 rings (SSSR count). The molecule has 2 atom stereocenters. The van der Waals surface area contributed by atoms with E-state index in [0.29, 0.717) is 6.54 Å². The molecule has 2 unspecified atom stereocenters. The molecule has 88 valence electrons. The zero-order valence-corrected chi connectivity index (χ0v) is 9.45. The van der Waals surface area contributed by atoms with Crippen LogP contribution in [0.4, 0.5) is 0 Å². The first-order valence-electron chi connectivity index (χ1n) is 6.28. The average molecular weight is 213 g/mol. The average Bonchev–Trinajstić information content (AvgIpc) is 2.82. The van der Waals surface area contributed by atoms with Crippen molar-refractivity contribution in [2.45, 2.75) is 57.2 Å². The Kier molecular flexibility index (Phi) is 3.65. The Labute approximate surface area is 92.0 Å². The summed E-state index contributed by atoms with van der Waals surface area (Å²) in [7, 11) is 0. The lowest BCUT2D eigenvalue weighted by Crippen LogP contribution is -2.48. The summed E-state index contributed by atoms with van der Waals surface area (Å²) in [5.41, 5.74) is 5.84. The second kappa shape index (κ2) is 4.81. The Morgan fingerprint density at radius 2 is 2.00 bits per heavy atom. The number of aliphatic hydroxyl groups is 1. The maximum Gasteiger partial charge on any atom is 0.0869 e. The molecule has 0 aromatic rings. The van der Waals surface area contributed by atoms with E-state index in [4.69, 9.17) is 10.5 Å². The summed E-state index contributed by atoms with van der Waals surface area (Å²) < 4.78 is 5.59. The van der Waals surface area contributed by atoms with Crippen LogP contribution in [0.1, 0.15) is 44.9 Å². The lowest BCUT2D eigenvalue weighted by molar-refractivity contribution is -0.0849. The smallest absolute Gasteiger partial charge is 0.0869 e. The van der Waals surface area contributed by atoms with Crippen LogP contribution in [0.5, 0.6) is 0 Å². The molecule has 1 heterocycles. The molecule has 1 saturated heterocycles. The molecule has 0 radical (unpaired) electrons. The Balaban J connectivity index is 2.02. The number of nitrogens with two attached hydrogens (primary N) is 1. The van der Waals surface area contributed by atoms with Gasteiger partial charge in [-0.3, -0.25) is 0 Å². The summed E-state index contributed by atoms with van der Waals surface area (Å²) in [5, 5.41) is 10.4. The molecule has 0 spiro atoms. The van der Waals surface area contributed by atoms with Crippen molar-refractivity contribution in [2.24, 2.45) is 11.1 Å². The topological polar surface area (TPSA) is 55.5 Å². The lowest BCUT2D eigenvalue weighted by Gasteiger charge is -2.42. The molecular formula is C12H23NO2. The van der Waals surface area contributed by atoms with Crippen LogP contribution in [0.3, 0.4) is 0 Å². The van der Waals surface area contributed by atoms with E-state index < -0.39 is 0 Å². The minimum atomic E-state index is -0.342. The van der Waals surface area contributed by atoms with Crippen molar-refractivity contribution < 1.29 is 9.84 Å². The van der Waals surface area contributed by atoms with Gasteiger partial charge >= 0.3 is 0 Å². The monoisotopic (exact) mass is 213 g/mol. The standard InChI is InChI=1S/C12H23NO2/c13-9-12(6-2-1-3-7-12)11(14)10-5-4-8-15-10/h10-11,14H,1-9,13H2. The Morgan fingerprint density at radius 3 is 2.53 bits per heavy atom. The van der Waals surface area contributed by atoms with Crippen LogP contribution >= 0.6 is 0 Å². The van der Waals surface area contributed by atoms with Gasteiger partial charge in [0.25, 0.3) is 0 Å². The summed E-state index contributed by atoms with van der Waals surface area (Å²) in [6.07, 6.45) is 7.65. The van der Waals surface area contributed by atoms with Crippen LogP contribution in [0.2, 0.25) is 0 Å². The zero-order chi connectivity index (χ0) is 10.7. The fourth-order valence-corrected chi connectivity index (χ4v) is 3.12. The van der Waals surface area contributed by atoms with E-state index in [2.05, 4.69) is 0 Å². The van der Waals surface area contributed by atoms with E-state index in [1.54, 1.807) is 0 Å². The van der Waals surface area contributed by atoms with Gasteiger partial charge in [0.1, 0.15) is 0 Å². The van der Waals surface area contributed by atoms with Gasteiger partial charge in [0, 0.05) is 18.6 Å². The van der Waals surface area contributed by atoms with Crippen LogP contribution in [0, 0.1) is 5.41 Å². The Bertz CT molecular complexity index is 196. The normalized spacial score (nSPS) is 32.8. The van der Waals surface area contributed by atoms with Gasteiger partial charge in [-0.15, -0.1) is 0 Å². The molecule has 0 aromatic heterocycles. The second-order valence-corrected chi connectivity index (χ2v) is 5.12. The second-order valence-electron chi connectivity index (χ2n) is 5.12. The Hall–Kier alpha value is -0.120. The van der Waals surface area contributed by atoms with Gasteiger partial charge in [-0.25, -0.2) is 0 Å². The van der Waals surface area contributed by atoms with Crippen molar-refractivity contribution in [3.05, 3.63) is 0 Å². The van der Waals surface area contributed by atoms with E-state index in [1.165, 1.54) is 19.3 Å². The summed E-state index contributed by atoms with van der Waals surface area (Å²) in [4.78, 5) is 0. The van der Waals surface area contributed by atoms with Crippen LogP contribution < -0.4 is 5.73 Å². The van der Waals surface area contributed by atoms with Gasteiger partial charge in [0.2, 0.25) is 0 Å². The van der Waals surface area contributed by atoms with E-state index in [-0.39, 0.29) is 17.6 Å². The molecule has 3 N–H and O–H groups in total. The lowest BCUT2D eigenvalue weighted by atomic mass is 9.68. The maximum absolute atomic E-state index is 10.4. The van der Waals surface area contributed by atoms with E-state index in [0.717, 1.165) is 32.3 Å². The minimum absolute atomic E-state index is 0.0478. The van der Waals surface area contributed by atoms with Crippen molar-refractivity contribution in [1.82, 2.24) is 0 Å². The highest BCUT2D eigenvalue weighted by Gasteiger charge is 2.42. The highest BCUT2D eigenvalue weighted by molar-refractivity contribution is 4.94. The number of hydrogen-bond acceptors (Lipinski definition) is 3. The molecule has 2 fully saturated rings. The minimum Gasteiger partial charge on any atom is -0.390 e. The first kappa shape index (κ1) is 11.4. The summed E-state index contributed by atoms with van der Waals surface area (Å²) in [6, 6.07) is 0. The van der Waals surface area contributed by atoms with Gasteiger partial charge in [-0.1, -0.05) is 19.3 Å². The number of rotatable bonds is 3. The maximum atomic E-state index is 10.4. The molecule has 1 saturated carbocycles. The van der Waals surface area contributed by atoms with E-state index in [1.807, 2.05) is 0 Å². The van der Waals surface area contributed by atoms with Crippen LogP contribution in [0.15, 0.2) is 0 Å². The summed E-state index contributed by atoms with van der Waals surface area (Å²) >= 11 is 0. The molecule has 3 heteroatoms. The molecule has 0 amide bonds. The third-order valence-corrected chi connectivity index (χ3v) is 4.20. The van der Waals surface area contributed by atoms with Crippen molar-refractivity contribution in [2.75, 3.05) is 13.2 Å². The van der Waals surface area contributed by atoms with Gasteiger partial charge in [0.05, 0.1) is 12.2 Å². The molecule has 1 aliphatic heterocycles. The quantitative estimate of drug-likeness (QED) is 0.746. The van der Waals surface area contributed by atoms with E-state index >= 15 is 0 Å². The third kappa shape index (κ3) is 2.19. The van der Waals surface area contributed by atoms with Gasteiger partial charge in [-0.05, 0) is 25.7 Å². The zero-order valence-electron chi connectivity index (χ0n) is 9.45. The fraction of sp³-hybridized carbons (Fsp3) is 1.00. The number of ether oxygens (including phenoxy) is 1. The highest BCUT2D eigenvalue weighted by atomic mass is 16.5. The molecule has 2 aliphatic rings. The SMILES string of the molecule is NCC1(C(O)C2CCCO2)CCCCC1. The largest absolute Gasteiger partial charge is 0.390 e. The van der Waals surface area contributed by atoms with E-state index in [9.17, 15) is 5.11 Å². The molecule has 0 aromatic carbocycles. The van der Waals surface area contributed by atoms with Crippen molar-refractivity contribution in [3.8, 4) is 0 Å². The number of hydrogen-bond donors (Lipinski definition) is 2. The van der Waals surface area contributed by atoms with Crippen molar-refractivity contribution in [3.63, 3.8) is 0 Å². The summed E-state index contributed by atoms with van der Waals surface area (Å²) in [5.74, 6) is 0. The third-order valence-electron chi connectivity index (χ3n) is 4.20.